The van der Waals surface area contributed by atoms with Crippen LogP contribution in [0.15, 0.2) is 122 Å². The number of anilines is 2. The molecular formula is C51H51N11O. The van der Waals surface area contributed by atoms with Gasteiger partial charge in [0.25, 0.3) is 0 Å². The van der Waals surface area contributed by atoms with Gasteiger partial charge in [-0.25, -0.2) is 9.97 Å². The van der Waals surface area contributed by atoms with Gasteiger partial charge in [-0.3, -0.25) is 14.8 Å². The van der Waals surface area contributed by atoms with E-state index >= 15 is 0 Å². The number of carbonyl (C=O) groups excluding carboxylic acids is 1. The van der Waals surface area contributed by atoms with Crippen molar-refractivity contribution >= 4 is 28.8 Å². The minimum absolute atomic E-state index is 0.108. The predicted octanol–water partition coefficient (Wildman–Crippen LogP) is 9.75. The lowest BCUT2D eigenvalue weighted by Crippen LogP contribution is -2.37. The Kier molecular flexibility index (Phi) is 10.2. The molecule has 6 aromatic heterocycles. The number of aromatic nitrogens is 8. The Hall–Kier alpha value is -6.79. The number of hydrogen-bond acceptors (Lipinski definition) is 9. The van der Waals surface area contributed by atoms with Gasteiger partial charge in [-0.2, -0.15) is 19.2 Å². The van der Waals surface area contributed by atoms with Crippen LogP contribution >= 0.6 is 0 Å². The molecule has 8 aromatic rings. The molecule has 4 aliphatic rings. The second-order valence-corrected chi connectivity index (χ2v) is 18.1. The van der Waals surface area contributed by atoms with Crippen molar-refractivity contribution in [1.29, 1.82) is 0 Å². The zero-order valence-electron chi connectivity index (χ0n) is 35.4. The Bertz CT molecular complexity index is 2890. The zero-order valence-corrected chi connectivity index (χ0v) is 35.4. The minimum atomic E-state index is -0.108. The molecule has 2 unspecified atom stereocenters. The molecule has 2 saturated carbocycles. The molecule has 1 amide bonds. The smallest absolute Gasteiger partial charge is 0.222 e. The molecule has 8 heterocycles. The first-order chi connectivity index (χ1) is 30.9. The highest BCUT2D eigenvalue weighted by atomic mass is 16.1. The third-order valence-electron chi connectivity index (χ3n) is 13.8. The number of hydrogen-bond donors (Lipinski definition) is 3. The van der Waals surface area contributed by atoms with E-state index in [1.165, 1.54) is 51.9 Å². The Morgan fingerprint density at radius 2 is 1.13 bits per heavy atom. The molecule has 2 aromatic carbocycles. The number of amides is 1. The number of fused-ring (bicyclic) bond motifs is 6. The molecule has 0 spiro atoms. The van der Waals surface area contributed by atoms with Crippen molar-refractivity contribution in [3.8, 4) is 44.8 Å². The summed E-state index contributed by atoms with van der Waals surface area (Å²) in [6.07, 6.45) is 18.7. The molecule has 6 atom stereocenters. The molecule has 63 heavy (non-hydrogen) atoms. The van der Waals surface area contributed by atoms with Gasteiger partial charge in [0.2, 0.25) is 5.91 Å². The van der Waals surface area contributed by atoms with Crippen LogP contribution in [0.3, 0.4) is 0 Å². The number of rotatable bonds is 7. The van der Waals surface area contributed by atoms with Crippen molar-refractivity contribution in [2.75, 3.05) is 11.1 Å². The van der Waals surface area contributed by atoms with Gasteiger partial charge in [-0.15, -0.1) is 0 Å². The monoisotopic (exact) mass is 833 g/mol. The molecule has 4 bridgehead atoms. The van der Waals surface area contributed by atoms with Crippen molar-refractivity contribution in [3.05, 3.63) is 133 Å². The van der Waals surface area contributed by atoms with E-state index in [4.69, 9.17) is 15.7 Å². The molecule has 0 radical (unpaired) electrons. The minimum Gasteiger partial charge on any atom is -0.384 e. The average molecular weight is 834 g/mol. The molecule has 12 nitrogen and oxygen atoms in total. The molecule has 12 heteroatoms. The Labute approximate surface area is 366 Å². The average Bonchev–Trinajstić information content (AvgIpc) is 4.12. The molecular weight excluding hydrogens is 783 g/mol. The van der Waals surface area contributed by atoms with Crippen molar-refractivity contribution in [3.63, 3.8) is 0 Å². The largest absolute Gasteiger partial charge is 0.384 e. The first-order valence-electron chi connectivity index (χ1n) is 22.5. The third-order valence-corrected chi connectivity index (χ3v) is 13.8. The molecule has 2 aliphatic carbocycles. The van der Waals surface area contributed by atoms with E-state index in [1.54, 1.807) is 9.03 Å². The second-order valence-electron chi connectivity index (χ2n) is 18.1. The third kappa shape index (κ3) is 7.84. The quantitative estimate of drug-likeness (QED) is 0.142. The fraction of sp³-hybridized carbons (Fsp3) is 0.314. The molecule has 2 aliphatic heterocycles. The second kappa shape index (κ2) is 16.5. The van der Waals surface area contributed by atoms with Crippen LogP contribution in [-0.2, 0) is 4.79 Å². The summed E-state index contributed by atoms with van der Waals surface area (Å²) in [5.41, 5.74) is 18.0. The summed E-state index contributed by atoms with van der Waals surface area (Å²) in [6, 6.07) is 33.9. The van der Waals surface area contributed by atoms with Crippen molar-refractivity contribution in [1.82, 2.24) is 44.5 Å². The van der Waals surface area contributed by atoms with E-state index in [2.05, 4.69) is 67.2 Å². The summed E-state index contributed by atoms with van der Waals surface area (Å²) in [6.45, 7) is 1.53. The van der Waals surface area contributed by atoms with Crippen LogP contribution in [0.1, 0.15) is 87.9 Å². The normalized spacial score (nSPS) is 22.5. The fourth-order valence-corrected chi connectivity index (χ4v) is 10.8. The lowest BCUT2D eigenvalue weighted by Gasteiger charge is -2.28. The summed E-state index contributed by atoms with van der Waals surface area (Å²) in [5.74, 6) is 3.74. The van der Waals surface area contributed by atoms with Gasteiger partial charge in [0.05, 0.1) is 23.8 Å². The van der Waals surface area contributed by atoms with E-state index in [-0.39, 0.29) is 5.91 Å². The number of benzene rings is 2. The maximum atomic E-state index is 11.9. The molecule has 4 N–H and O–H groups in total. The van der Waals surface area contributed by atoms with Crippen LogP contribution in [0.5, 0.6) is 0 Å². The lowest BCUT2D eigenvalue weighted by molar-refractivity contribution is -0.114. The topological polar surface area (TPSA) is 153 Å². The summed E-state index contributed by atoms with van der Waals surface area (Å²) in [4.78, 5) is 31.4. The van der Waals surface area contributed by atoms with Crippen LogP contribution in [0.2, 0.25) is 0 Å². The van der Waals surface area contributed by atoms with Crippen molar-refractivity contribution in [2.45, 2.75) is 88.6 Å². The van der Waals surface area contributed by atoms with Gasteiger partial charge in [0.1, 0.15) is 11.6 Å². The first kappa shape index (κ1) is 39.1. The van der Waals surface area contributed by atoms with Gasteiger partial charge in [-0.1, -0.05) is 85.6 Å². The number of piperidine rings is 1. The Morgan fingerprint density at radius 3 is 1.67 bits per heavy atom. The maximum absolute atomic E-state index is 11.9. The van der Waals surface area contributed by atoms with Crippen LogP contribution in [0, 0.1) is 11.8 Å². The number of pyridine rings is 2. The molecule has 12 rings (SSSR count). The zero-order chi connectivity index (χ0) is 42.4. The Morgan fingerprint density at radius 1 is 0.603 bits per heavy atom. The fourth-order valence-electron chi connectivity index (χ4n) is 10.8. The summed E-state index contributed by atoms with van der Waals surface area (Å²) in [7, 11) is 0. The van der Waals surface area contributed by atoms with Crippen LogP contribution in [0.25, 0.3) is 56.1 Å². The number of carbonyl (C=O) groups is 1. The first-order valence-corrected chi connectivity index (χ1v) is 22.5. The van der Waals surface area contributed by atoms with Gasteiger partial charge in [-0.05, 0) is 68.9 Å². The van der Waals surface area contributed by atoms with Gasteiger partial charge in [0, 0.05) is 100 Å². The van der Waals surface area contributed by atoms with Crippen LogP contribution in [-0.4, -0.2) is 57.2 Å². The summed E-state index contributed by atoms with van der Waals surface area (Å²) in [5, 5.41) is 15.7. The SMILES string of the molecule is CC(=O)Nc1cc(C2C[C@H]3CC[C@@H](C2)C3)nc2c(-c3ccc(-c4ccccc4)nc3)cnn12.Nc1cc(C2C[C@H]3CC[C@@H](C2)N3)nc2c(-c3ccc(-c4ccccc4)nc3)cnn12. The number of nitrogens with zero attached hydrogens (tertiary/aromatic N) is 8. The van der Waals surface area contributed by atoms with Crippen molar-refractivity contribution in [2.24, 2.45) is 11.8 Å². The lowest BCUT2D eigenvalue weighted by atomic mass is 9.79. The molecule has 2 saturated heterocycles. The van der Waals surface area contributed by atoms with E-state index in [0.29, 0.717) is 35.6 Å². The van der Waals surface area contributed by atoms with Crippen molar-refractivity contribution < 1.29 is 4.79 Å². The summed E-state index contributed by atoms with van der Waals surface area (Å²) < 4.78 is 3.47. The predicted molar refractivity (Wildman–Crippen MR) is 247 cm³/mol. The van der Waals surface area contributed by atoms with E-state index < -0.39 is 0 Å². The van der Waals surface area contributed by atoms with E-state index in [1.807, 2.05) is 85.5 Å². The van der Waals surface area contributed by atoms with Gasteiger partial charge >= 0.3 is 0 Å². The maximum Gasteiger partial charge on any atom is 0.222 e. The molecule has 316 valence electrons. The molecule has 4 fully saturated rings. The van der Waals surface area contributed by atoms with Gasteiger partial charge in [0.15, 0.2) is 11.3 Å². The summed E-state index contributed by atoms with van der Waals surface area (Å²) >= 11 is 0. The highest BCUT2D eigenvalue weighted by Crippen LogP contribution is 2.48. The Balaban J connectivity index is 0.000000142. The highest BCUT2D eigenvalue weighted by Gasteiger charge is 2.37. The van der Waals surface area contributed by atoms with Crippen LogP contribution in [0.4, 0.5) is 11.6 Å². The van der Waals surface area contributed by atoms with Gasteiger partial charge < -0.3 is 16.4 Å². The van der Waals surface area contributed by atoms with E-state index in [9.17, 15) is 4.79 Å². The number of nitrogens with two attached hydrogens (primary N) is 1. The number of nitrogen functional groups attached to an aromatic ring is 1. The van der Waals surface area contributed by atoms with Crippen LogP contribution < -0.4 is 16.4 Å². The number of nitrogens with one attached hydrogen (secondary N) is 2. The standard InChI is InChI=1S/C27H27N5O.C24H24N6/c1-17(33)30-26-14-25(22-12-18-7-8-19(11-18)13-22)31-27-23(16-29-32(26)27)21-9-10-24(28-15-21)20-5-3-2-4-6-20;25-23-12-22(17-10-18-7-8-19(11-17)28-18)29-24-20(14-27-30(23)24)16-6-9-21(26-13-16)15-4-2-1-3-5-15/h2-6,9-10,14-16,18-19,22H,7-8,11-13H2,1H3,(H,30,33);1-6,9,12-14,17-19,28H,7-8,10-11,25H2/t18-,19+,22?;17?,18-,19+. The van der Waals surface area contributed by atoms with E-state index in [0.717, 1.165) is 92.1 Å². The highest BCUT2D eigenvalue weighted by molar-refractivity contribution is 5.89.